The van der Waals surface area contributed by atoms with E-state index in [4.69, 9.17) is 14.2 Å². The summed E-state index contributed by atoms with van der Waals surface area (Å²) >= 11 is 0. The Balaban J connectivity index is 1.29. The average molecular weight is 375 g/mol. The molecular formula is C23H25N3O2. The maximum absolute atomic E-state index is 5.62. The maximum atomic E-state index is 5.62. The van der Waals surface area contributed by atoms with Crippen LogP contribution in [0, 0.1) is 0 Å². The molecule has 3 aromatic rings. The van der Waals surface area contributed by atoms with E-state index in [0.29, 0.717) is 17.9 Å². The second-order valence-electron chi connectivity index (χ2n) is 8.00. The molecule has 0 radical (unpaired) electrons. The van der Waals surface area contributed by atoms with Crippen LogP contribution >= 0.6 is 0 Å². The minimum absolute atomic E-state index is 0.00636. The molecule has 2 saturated carbocycles. The summed E-state index contributed by atoms with van der Waals surface area (Å²) in [5, 5.41) is 8.13. The smallest absolute Gasteiger partial charge is 0.261 e. The number of rotatable bonds is 7. The molecule has 0 bridgehead atoms. The van der Waals surface area contributed by atoms with Crippen LogP contribution in [0.4, 0.5) is 0 Å². The van der Waals surface area contributed by atoms with Gasteiger partial charge < -0.3 is 14.6 Å². The monoisotopic (exact) mass is 375 g/mol. The van der Waals surface area contributed by atoms with Crippen LogP contribution in [-0.2, 0) is 5.41 Å². The molecule has 1 N–H and O–H groups in total. The topological polar surface area (TPSA) is 60.2 Å². The van der Waals surface area contributed by atoms with Gasteiger partial charge in [-0.15, -0.1) is 0 Å². The van der Waals surface area contributed by atoms with Gasteiger partial charge in [0, 0.05) is 23.9 Å². The number of para-hydroxylation sites is 1. The molecule has 5 rings (SSSR count). The molecule has 5 heteroatoms. The number of ether oxygens (including phenoxy) is 1. The van der Waals surface area contributed by atoms with Crippen molar-refractivity contribution >= 4 is 0 Å². The molecule has 144 valence electrons. The Labute approximate surface area is 165 Å². The lowest BCUT2D eigenvalue weighted by molar-refractivity contribution is 0.211. The van der Waals surface area contributed by atoms with E-state index in [1.165, 1.54) is 18.4 Å². The van der Waals surface area contributed by atoms with E-state index in [1.807, 2.05) is 24.3 Å². The number of nitrogens with zero attached hydrogens (tertiary/aromatic N) is 2. The van der Waals surface area contributed by atoms with E-state index in [1.54, 1.807) is 7.11 Å². The zero-order chi connectivity index (χ0) is 19.0. The van der Waals surface area contributed by atoms with E-state index < -0.39 is 0 Å². The molecule has 0 aliphatic heterocycles. The molecule has 0 saturated heterocycles. The quantitative estimate of drug-likeness (QED) is 0.667. The molecule has 2 aromatic carbocycles. The molecule has 2 atom stereocenters. The standard InChI is InChI=1S/C23H25N3O2/c1-27-20-11-6-5-10-17(20)21-25-22(26-28-21)23(12-7-13-23)15-24-19-14-18(19)16-8-3-2-4-9-16/h2-6,8-11,18-19,24H,7,12-15H2,1H3/t18-,19?/m1/s1. The number of benzene rings is 2. The van der Waals surface area contributed by atoms with Gasteiger partial charge in [-0.25, -0.2) is 0 Å². The van der Waals surface area contributed by atoms with Crippen molar-refractivity contribution in [3.8, 4) is 17.2 Å². The Morgan fingerprint density at radius 2 is 1.89 bits per heavy atom. The van der Waals surface area contributed by atoms with Gasteiger partial charge in [0.2, 0.25) is 0 Å². The fraction of sp³-hybridized carbons (Fsp3) is 0.391. The highest BCUT2D eigenvalue weighted by molar-refractivity contribution is 5.62. The Morgan fingerprint density at radius 1 is 1.11 bits per heavy atom. The summed E-state index contributed by atoms with van der Waals surface area (Å²) in [5.74, 6) is 2.74. The molecule has 1 aromatic heterocycles. The Bertz CT molecular complexity index is 949. The molecule has 0 spiro atoms. The Kier molecular flexibility index (Phi) is 4.40. The Hall–Kier alpha value is -2.66. The van der Waals surface area contributed by atoms with Gasteiger partial charge in [-0.3, -0.25) is 0 Å². The summed E-state index contributed by atoms with van der Waals surface area (Å²) in [7, 11) is 1.66. The second kappa shape index (κ2) is 7.06. The molecule has 1 heterocycles. The Morgan fingerprint density at radius 3 is 2.64 bits per heavy atom. The van der Waals surface area contributed by atoms with E-state index in [-0.39, 0.29) is 5.41 Å². The minimum atomic E-state index is -0.00636. The summed E-state index contributed by atoms with van der Waals surface area (Å²) in [4.78, 5) is 4.76. The van der Waals surface area contributed by atoms with Crippen molar-refractivity contribution in [3.63, 3.8) is 0 Å². The van der Waals surface area contributed by atoms with Crippen molar-refractivity contribution in [2.75, 3.05) is 13.7 Å². The largest absolute Gasteiger partial charge is 0.496 e. The van der Waals surface area contributed by atoms with Crippen LogP contribution in [0.25, 0.3) is 11.5 Å². The van der Waals surface area contributed by atoms with E-state index in [2.05, 4.69) is 40.8 Å². The zero-order valence-electron chi connectivity index (χ0n) is 16.1. The number of hydrogen-bond donors (Lipinski definition) is 1. The van der Waals surface area contributed by atoms with Gasteiger partial charge in [-0.05, 0) is 37.0 Å². The van der Waals surface area contributed by atoms with Crippen LogP contribution in [-0.4, -0.2) is 29.8 Å². The van der Waals surface area contributed by atoms with Gasteiger partial charge in [0.15, 0.2) is 5.82 Å². The number of methoxy groups -OCH3 is 1. The summed E-state index contributed by atoms with van der Waals surface area (Å²) in [6.07, 6.45) is 4.63. The van der Waals surface area contributed by atoms with E-state index in [0.717, 1.165) is 36.5 Å². The molecule has 28 heavy (non-hydrogen) atoms. The predicted molar refractivity (Wildman–Crippen MR) is 107 cm³/mol. The first-order valence-electron chi connectivity index (χ1n) is 10.0. The fourth-order valence-corrected chi connectivity index (χ4v) is 4.27. The van der Waals surface area contributed by atoms with Gasteiger partial charge in [0.05, 0.1) is 12.7 Å². The molecule has 5 nitrogen and oxygen atoms in total. The van der Waals surface area contributed by atoms with E-state index >= 15 is 0 Å². The highest BCUT2D eigenvalue weighted by Crippen LogP contribution is 2.45. The SMILES string of the molecule is COc1ccccc1-c1nc(C2(CNC3C[C@@H]3c3ccccc3)CCC2)no1. The van der Waals surface area contributed by atoms with Crippen molar-refractivity contribution in [3.05, 3.63) is 66.0 Å². The number of aromatic nitrogens is 2. The lowest BCUT2D eigenvalue weighted by Gasteiger charge is -2.39. The highest BCUT2D eigenvalue weighted by Gasteiger charge is 2.46. The molecule has 0 amide bonds. The molecule has 1 unspecified atom stereocenters. The van der Waals surface area contributed by atoms with Crippen LogP contribution in [0.5, 0.6) is 5.75 Å². The lowest BCUT2D eigenvalue weighted by Crippen LogP contribution is -2.45. The fourth-order valence-electron chi connectivity index (χ4n) is 4.27. The molecular weight excluding hydrogens is 350 g/mol. The second-order valence-corrected chi connectivity index (χ2v) is 8.00. The maximum Gasteiger partial charge on any atom is 0.261 e. The van der Waals surface area contributed by atoms with Gasteiger partial charge in [-0.1, -0.05) is 54.0 Å². The van der Waals surface area contributed by atoms with Gasteiger partial charge in [-0.2, -0.15) is 4.98 Å². The minimum Gasteiger partial charge on any atom is -0.496 e. The van der Waals surface area contributed by atoms with Crippen LogP contribution in [0.2, 0.25) is 0 Å². The first-order chi connectivity index (χ1) is 13.8. The third-order valence-electron chi connectivity index (χ3n) is 6.27. The van der Waals surface area contributed by atoms with Crippen molar-refractivity contribution in [2.24, 2.45) is 0 Å². The van der Waals surface area contributed by atoms with Crippen LogP contribution in [0.15, 0.2) is 59.1 Å². The summed E-state index contributed by atoms with van der Waals surface area (Å²) in [5.41, 5.74) is 2.27. The third-order valence-corrected chi connectivity index (χ3v) is 6.27. The number of nitrogens with one attached hydrogen (secondary N) is 1. The van der Waals surface area contributed by atoms with Crippen molar-refractivity contribution < 1.29 is 9.26 Å². The number of hydrogen-bond acceptors (Lipinski definition) is 5. The molecule has 2 aliphatic carbocycles. The average Bonchev–Trinajstić information content (AvgIpc) is 3.33. The molecule has 2 fully saturated rings. The first kappa shape index (κ1) is 17.4. The normalized spacial score (nSPS) is 22.5. The van der Waals surface area contributed by atoms with Crippen LogP contribution in [0.3, 0.4) is 0 Å². The van der Waals surface area contributed by atoms with Crippen molar-refractivity contribution in [2.45, 2.75) is 43.1 Å². The van der Waals surface area contributed by atoms with Crippen molar-refractivity contribution in [1.82, 2.24) is 15.5 Å². The van der Waals surface area contributed by atoms with Crippen molar-refractivity contribution in [1.29, 1.82) is 0 Å². The van der Waals surface area contributed by atoms with Crippen LogP contribution in [0.1, 0.15) is 43.0 Å². The summed E-state index contributed by atoms with van der Waals surface area (Å²) in [6.45, 7) is 0.909. The summed E-state index contributed by atoms with van der Waals surface area (Å²) in [6, 6.07) is 19.1. The third kappa shape index (κ3) is 3.10. The van der Waals surface area contributed by atoms with Crippen LogP contribution < -0.4 is 10.1 Å². The first-order valence-corrected chi connectivity index (χ1v) is 10.0. The summed E-state index contributed by atoms with van der Waals surface area (Å²) < 4.78 is 11.1. The predicted octanol–water partition coefficient (Wildman–Crippen LogP) is 4.31. The van der Waals surface area contributed by atoms with Gasteiger partial charge in [0.25, 0.3) is 5.89 Å². The molecule has 2 aliphatic rings. The van der Waals surface area contributed by atoms with Gasteiger partial charge >= 0.3 is 0 Å². The lowest BCUT2D eigenvalue weighted by atomic mass is 9.68. The highest BCUT2D eigenvalue weighted by atomic mass is 16.5. The zero-order valence-corrected chi connectivity index (χ0v) is 16.1. The van der Waals surface area contributed by atoms with E-state index in [9.17, 15) is 0 Å². The van der Waals surface area contributed by atoms with Gasteiger partial charge in [0.1, 0.15) is 5.75 Å².